The van der Waals surface area contributed by atoms with Crippen LogP contribution in [0.2, 0.25) is 0 Å². The molecule has 1 aromatic rings. The van der Waals surface area contributed by atoms with Gasteiger partial charge in [-0.2, -0.15) is 0 Å². The standard InChI is InChI=1S/C16H24N2O3/c1-2-16(15(19)20,13-18-8-10-21-11-9-18)17-12-14-6-4-3-5-7-14/h3-7,17H,2,8-13H2,1H3,(H,19,20). The minimum absolute atomic E-state index is 0.509. The normalized spacial score (nSPS) is 19.1. The molecule has 0 bridgehead atoms. The lowest BCUT2D eigenvalue weighted by molar-refractivity contribution is -0.146. The van der Waals surface area contributed by atoms with E-state index in [-0.39, 0.29) is 0 Å². The number of carbonyl (C=O) groups is 1. The van der Waals surface area contributed by atoms with Crippen molar-refractivity contribution in [1.29, 1.82) is 0 Å². The molecule has 5 heteroatoms. The number of nitrogens with one attached hydrogen (secondary N) is 1. The molecule has 1 aliphatic rings. The first-order chi connectivity index (χ1) is 10.2. The predicted octanol–water partition coefficient (Wildman–Crippen LogP) is 1.34. The van der Waals surface area contributed by atoms with E-state index >= 15 is 0 Å². The number of nitrogens with zero attached hydrogens (tertiary/aromatic N) is 1. The Hall–Kier alpha value is -1.43. The van der Waals surface area contributed by atoms with Crippen LogP contribution in [0.3, 0.4) is 0 Å². The topological polar surface area (TPSA) is 61.8 Å². The van der Waals surface area contributed by atoms with Gasteiger partial charge >= 0.3 is 5.97 Å². The van der Waals surface area contributed by atoms with Crippen molar-refractivity contribution < 1.29 is 14.6 Å². The van der Waals surface area contributed by atoms with Crippen LogP contribution in [0.25, 0.3) is 0 Å². The van der Waals surface area contributed by atoms with Crippen LogP contribution in [0.15, 0.2) is 30.3 Å². The lowest BCUT2D eigenvalue weighted by Gasteiger charge is -2.37. The van der Waals surface area contributed by atoms with Crippen LogP contribution >= 0.6 is 0 Å². The summed E-state index contributed by atoms with van der Waals surface area (Å²) >= 11 is 0. The molecule has 2 N–H and O–H groups in total. The van der Waals surface area contributed by atoms with Crippen LogP contribution in [-0.4, -0.2) is 54.4 Å². The molecule has 1 heterocycles. The molecule has 1 aliphatic heterocycles. The highest BCUT2D eigenvalue weighted by molar-refractivity contribution is 5.79. The molecule has 1 saturated heterocycles. The molecule has 0 amide bonds. The zero-order valence-corrected chi connectivity index (χ0v) is 12.5. The third-order valence-corrected chi connectivity index (χ3v) is 4.08. The molecule has 0 spiro atoms. The second kappa shape index (κ2) is 7.54. The van der Waals surface area contributed by atoms with Crippen LogP contribution < -0.4 is 5.32 Å². The lowest BCUT2D eigenvalue weighted by Crippen LogP contribution is -2.59. The summed E-state index contributed by atoms with van der Waals surface area (Å²) in [7, 11) is 0. The van der Waals surface area contributed by atoms with E-state index in [0.29, 0.717) is 32.7 Å². The lowest BCUT2D eigenvalue weighted by atomic mass is 9.94. The molecule has 0 saturated carbocycles. The molecule has 2 rings (SSSR count). The summed E-state index contributed by atoms with van der Waals surface area (Å²) in [5, 5.41) is 13.0. The van der Waals surface area contributed by atoms with Crippen molar-refractivity contribution in [1.82, 2.24) is 10.2 Å². The fourth-order valence-corrected chi connectivity index (χ4v) is 2.60. The highest BCUT2D eigenvalue weighted by Crippen LogP contribution is 2.16. The van der Waals surface area contributed by atoms with Crippen molar-refractivity contribution in [3.05, 3.63) is 35.9 Å². The first-order valence-corrected chi connectivity index (χ1v) is 7.49. The number of aliphatic carboxylic acids is 1. The fraction of sp³-hybridized carbons (Fsp3) is 0.562. The summed E-state index contributed by atoms with van der Waals surface area (Å²) in [6.45, 7) is 5.94. The molecule has 116 valence electrons. The van der Waals surface area contributed by atoms with Gasteiger partial charge < -0.3 is 9.84 Å². The average molecular weight is 292 g/mol. The van der Waals surface area contributed by atoms with Crippen molar-refractivity contribution in [3.63, 3.8) is 0 Å². The summed E-state index contributed by atoms with van der Waals surface area (Å²) in [5.74, 6) is -0.785. The number of hydrogen-bond acceptors (Lipinski definition) is 4. The smallest absolute Gasteiger partial charge is 0.325 e. The van der Waals surface area contributed by atoms with Gasteiger partial charge in [-0.25, -0.2) is 0 Å². The van der Waals surface area contributed by atoms with Gasteiger partial charge in [-0.05, 0) is 12.0 Å². The quantitative estimate of drug-likeness (QED) is 0.794. The highest BCUT2D eigenvalue weighted by atomic mass is 16.5. The number of rotatable bonds is 7. The van der Waals surface area contributed by atoms with Crippen molar-refractivity contribution >= 4 is 5.97 Å². The molecule has 1 fully saturated rings. The summed E-state index contributed by atoms with van der Waals surface area (Å²) < 4.78 is 5.33. The number of carboxylic acid groups (broad SMARTS) is 1. The summed E-state index contributed by atoms with van der Waals surface area (Å²) in [6.07, 6.45) is 0.548. The van der Waals surface area contributed by atoms with E-state index in [1.165, 1.54) is 0 Å². The van der Waals surface area contributed by atoms with E-state index in [4.69, 9.17) is 4.74 Å². The molecule has 0 aromatic heterocycles. The van der Waals surface area contributed by atoms with Crippen LogP contribution in [0.1, 0.15) is 18.9 Å². The molecule has 0 aliphatic carbocycles. The summed E-state index contributed by atoms with van der Waals surface area (Å²) in [5.41, 5.74) is 0.186. The van der Waals surface area contributed by atoms with Gasteiger partial charge in [0.15, 0.2) is 0 Å². The molecule has 0 radical (unpaired) electrons. The Morgan fingerprint density at radius 2 is 2.00 bits per heavy atom. The van der Waals surface area contributed by atoms with Crippen LogP contribution in [-0.2, 0) is 16.1 Å². The molecular weight excluding hydrogens is 268 g/mol. The number of hydrogen-bond donors (Lipinski definition) is 2. The first-order valence-electron chi connectivity index (χ1n) is 7.49. The fourth-order valence-electron chi connectivity index (χ4n) is 2.60. The van der Waals surface area contributed by atoms with Gasteiger partial charge in [0.05, 0.1) is 13.2 Å². The highest BCUT2D eigenvalue weighted by Gasteiger charge is 2.38. The maximum atomic E-state index is 11.8. The van der Waals surface area contributed by atoms with E-state index in [1.807, 2.05) is 37.3 Å². The number of benzene rings is 1. The predicted molar refractivity (Wildman–Crippen MR) is 81.2 cm³/mol. The zero-order valence-electron chi connectivity index (χ0n) is 12.5. The number of morpholine rings is 1. The second-order valence-electron chi connectivity index (χ2n) is 5.47. The number of ether oxygens (including phenoxy) is 1. The van der Waals surface area contributed by atoms with Gasteiger partial charge in [-0.3, -0.25) is 15.0 Å². The Labute approximate surface area is 125 Å². The van der Waals surface area contributed by atoms with Crippen LogP contribution in [0.5, 0.6) is 0 Å². The van der Waals surface area contributed by atoms with Crippen molar-refractivity contribution in [2.45, 2.75) is 25.4 Å². The SMILES string of the molecule is CCC(CN1CCOCC1)(NCc1ccccc1)C(=O)O. The first kappa shape index (κ1) is 15.9. The Kier molecular flexibility index (Phi) is 5.73. The van der Waals surface area contributed by atoms with Crippen molar-refractivity contribution in [2.24, 2.45) is 0 Å². The molecule has 1 aromatic carbocycles. The third kappa shape index (κ3) is 4.27. The zero-order chi connectivity index (χ0) is 15.1. The Bertz CT molecular complexity index is 446. The second-order valence-corrected chi connectivity index (χ2v) is 5.47. The van der Waals surface area contributed by atoms with E-state index in [0.717, 1.165) is 18.7 Å². The summed E-state index contributed by atoms with van der Waals surface area (Å²) in [6, 6.07) is 9.90. The average Bonchev–Trinajstić information content (AvgIpc) is 2.53. The molecule has 5 nitrogen and oxygen atoms in total. The van der Waals surface area contributed by atoms with E-state index in [9.17, 15) is 9.90 Å². The van der Waals surface area contributed by atoms with E-state index in [2.05, 4.69) is 10.2 Å². The van der Waals surface area contributed by atoms with Crippen LogP contribution in [0.4, 0.5) is 0 Å². The Morgan fingerprint density at radius 3 is 2.57 bits per heavy atom. The maximum Gasteiger partial charge on any atom is 0.325 e. The van der Waals surface area contributed by atoms with Gasteiger partial charge in [0, 0.05) is 26.2 Å². The Balaban J connectivity index is 2.03. The van der Waals surface area contributed by atoms with Gasteiger partial charge in [-0.15, -0.1) is 0 Å². The molecular formula is C16H24N2O3. The number of carboxylic acids is 1. The Morgan fingerprint density at radius 1 is 1.33 bits per heavy atom. The van der Waals surface area contributed by atoms with Crippen molar-refractivity contribution in [3.8, 4) is 0 Å². The molecule has 21 heavy (non-hydrogen) atoms. The third-order valence-electron chi connectivity index (χ3n) is 4.08. The van der Waals surface area contributed by atoms with Gasteiger partial charge in [-0.1, -0.05) is 37.3 Å². The summed E-state index contributed by atoms with van der Waals surface area (Å²) in [4.78, 5) is 14.0. The minimum Gasteiger partial charge on any atom is -0.480 e. The van der Waals surface area contributed by atoms with Gasteiger partial charge in [0.1, 0.15) is 5.54 Å². The largest absolute Gasteiger partial charge is 0.480 e. The molecule has 1 unspecified atom stereocenters. The van der Waals surface area contributed by atoms with Gasteiger partial charge in [0.2, 0.25) is 0 Å². The molecule has 1 atom stereocenters. The van der Waals surface area contributed by atoms with Gasteiger partial charge in [0.25, 0.3) is 0 Å². The minimum atomic E-state index is -0.910. The van der Waals surface area contributed by atoms with E-state index < -0.39 is 11.5 Å². The monoisotopic (exact) mass is 292 g/mol. The van der Waals surface area contributed by atoms with Crippen molar-refractivity contribution in [2.75, 3.05) is 32.8 Å². The van der Waals surface area contributed by atoms with E-state index in [1.54, 1.807) is 0 Å². The maximum absolute atomic E-state index is 11.8. The van der Waals surface area contributed by atoms with Crippen LogP contribution in [0, 0.1) is 0 Å².